The maximum Gasteiger partial charge on any atom is 0.364 e. The van der Waals surface area contributed by atoms with Crippen molar-refractivity contribution in [1.82, 2.24) is 19.8 Å². The summed E-state index contributed by atoms with van der Waals surface area (Å²) in [6.07, 6.45) is 1.89. The fourth-order valence-electron chi connectivity index (χ4n) is 1.77. The number of hydrogen-bond acceptors (Lipinski definition) is 3. The van der Waals surface area contributed by atoms with Crippen LogP contribution in [0.3, 0.4) is 0 Å². The smallest absolute Gasteiger partial charge is 0.244 e. The highest BCUT2D eigenvalue weighted by atomic mass is 79.9. The molecule has 1 unspecified atom stereocenters. The molecule has 2 rings (SSSR count). The van der Waals surface area contributed by atoms with Gasteiger partial charge in [-0.3, -0.25) is 0 Å². The molecule has 0 saturated carbocycles. The first-order valence-electron chi connectivity index (χ1n) is 5.63. The van der Waals surface area contributed by atoms with Crippen LogP contribution in [0.2, 0.25) is 0 Å². The fourth-order valence-corrected chi connectivity index (χ4v) is 2.85. The van der Waals surface area contributed by atoms with Crippen molar-refractivity contribution in [1.29, 1.82) is 0 Å². The molecule has 17 heavy (non-hydrogen) atoms. The van der Waals surface area contributed by atoms with Crippen LogP contribution in [0.25, 0.3) is 5.65 Å². The molecule has 0 saturated heterocycles. The van der Waals surface area contributed by atoms with E-state index in [1.165, 1.54) is 4.52 Å². The maximum atomic E-state index is 11.4. The van der Waals surface area contributed by atoms with Gasteiger partial charge in [0.25, 0.3) is 0 Å². The van der Waals surface area contributed by atoms with Gasteiger partial charge in [-0.05, 0) is 24.5 Å². The van der Waals surface area contributed by atoms with Gasteiger partial charge in [-0.1, -0.05) is 29.8 Å². The number of nitrogens with one attached hydrogen (secondary N) is 1. The normalized spacial score (nSPS) is 13.4. The number of nitrogens with zero attached hydrogens (tertiary/aromatic N) is 3. The molecule has 0 aliphatic rings. The molecule has 0 radical (unpaired) electrons. The highest BCUT2D eigenvalue weighted by Crippen LogP contribution is 2.16. The number of aromatic nitrogens is 4. The molecule has 0 spiro atoms. The first-order valence-corrected chi connectivity index (χ1v) is 6.55. The number of aromatic amines is 1. The van der Waals surface area contributed by atoms with Gasteiger partial charge in [-0.15, -0.1) is 0 Å². The lowest BCUT2D eigenvalue weighted by atomic mass is 10.1. The van der Waals surface area contributed by atoms with E-state index in [4.69, 9.17) is 0 Å². The standard InChI is InChI=1S/C11H15BrN4O/c1-7(2)5-8(12)6-9-3-4-10-13-14-11(17)16(10)15-9/h3-4,7-8H,5-6H2,1-2H3,(H,14,17). The summed E-state index contributed by atoms with van der Waals surface area (Å²) < 4.78 is 1.30. The molecule has 0 amide bonds. The maximum absolute atomic E-state index is 11.4. The number of alkyl halides is 1. The summed E-state index contributed by atoms with van der Waals surface area (Å²) in [6, 6.07) is 3.71. The van der Waals surface area contributed by atoms with Crippen LogP contribution in [0.1, 0.15) is 26.0 Å². The number of rotatable bonds is 4. The summed E-state index contributed by atoms with van der Waals surface area (Å²) in [6.45, 7) is 4.37. The Hall–Kier alpha value is -1.17. The Morgan fingerprint density at radius 3 is 2.94 bits per heavy atom. The number of fused-ring (bicyclic) bond motifs is 1. The Morgan fingerprint density at radius 2 is 2.24 bits per heavy atom. The van der Waals surface area contributed by atoms with Gasteiger partial charge in [0.15, 0.2) is 5.65 Å². The first kappa shape index (κ1) is 12.3. The number of H-pyrrole nitrogens is 1. The molecule has 0 aliphatic carbocycles. The Balaban J connectivity index is 2.19. The largest absolute Gasteiger partial charge is 0.364 e. The zero-order chi connectivity index (χ0) is 12.4. The van der Waals surface area contributed by atoms with E-state index >= 15 is 0 Å². The van der Waals surface area contributed by atoms with Gasteiger partial charge in [-0.25, -0.2) is 9.89 Å². The third-order valence-corrected chi connectivity index (χ3v) is 3.18. The minimum absolute atomic E-state index is 0.295. The van der Waals surface area contributed by atoms with Gasteiger partial charge in [-0.2, -0.15) is 14.7 Å². The quantitative estimate of drug-likeness (QED) is 0.875. The SMILES string of the molecule is CC(C)CC(Br)Cc1ccc2n[nH]c(=O)n2n1. The molecule has 2 aromatic rings. The second kappa shape index (κ2) is 5.00. The van der Waals surface area contributed by atoms with Gasteiger partial charge < -0.3 is 0 Å². The van der Waals surface area contributed by atoms with Gasteiger partial charge in [0.05, 0.1) is 5.69 Å². The van der Waals surface area contributed by atoms with Crippen LogP contribution in [0.15, 0.2) is 16.9 Å². The number of halogens is 1. The van der Waals surface area contributed by atoms with Gasteiger partial charge >= 0.3 is 5.69 Å². The van der Waals surface area contributed by atoms with E-state index in [1.807, 2.05) is 6.07 Å². The zero-order valence-corrected chi connectivity index (χ0v) is 11.4. The average Bonchev–Trinajstić information content (AvgIpc) is 2.59. The number of hydrogen-bond donors (Lipinski definition) is 1. The van der Waals surface area contributed by atoms with E-state index in [2.05, 4.69) is 45.1 Å². The van der Waals surface area contributed by atoms with Crippen LogP contribution in [-0.4, -0.2) is 24.6 Å². The van der Waals surface area contributed by atoms with E-state index in [0.717, 1.165) is 18.5 Å². The van der Waals surface area contributed by atoms with Crippen molar-refractivity contribution in [3.63, 3.8) is 0 Å². The van der Waals surface area contributed by atoms with E-state index < -0.39 is 0 Å². The van der Waals surface area contributed by atoms with Crippen molar-refractivity contribution < 1.29 is 0 Å². The van der Waals surface area contributed by atoms with Gasteiger partial charge in [0, 0.05) is 11.2 Å². The van der Waals surface area contributed by atoms with Crippen LogP contribution < -0.4 is 5.69 Å². The van der Waals surface area contributed by atoms with Crippen molar-refractivity contribution in [2.24, 2.45) is 5.92 Å². The zero-order valence-electron chi connectivity index (χ0n) is 9.85. The highest BCUT2D eigenvalue weighted by Gasteiger charge is 2.10. The minimum Gasteiger partial charge on any atom is -0.244 e. The summed E-state index contributed by atoms with van der Waals surface area (Å²) in [5.74, 6) is 0.639. The Bertz CT molecular complexity index is 560. The fraction of sp³-hybridized carbons (Fsp3) is 0.545. The Labute approximate surface area is 107 Å². The van der Waals surface area contributed by atoms with Crippen molar-refractivity contribution in [3.8, 4) is 0 Å². The molecule has 2 heterocycles. The van der Waals surface area contributed by atoms with E-state index in [1.54, 1.807) is 6.07 Å². The van der Waals surface area contributed by atoms with E-state index in [9.17, 15) is 4.79 Å². The Morgan fingerprint density at radius 1 is 1.47 bits per heavy atom. The Kier molecular flexibility index (Phi) is 3.61. The minimum atomic E-state index is -0.295. The molecule has 0 aliphatic heterocycles. The molecule has 0 aromatic carbocycles. The van der Waals surface area contributed by atoms with Gasteiger partial charge in [0.1, 0.15) is 0 Å². The molecule has 6 heteroatoms. The molecule has 2 aromatic heterocycles. The lowest BCUT2D eigenvalue weighted by molar-refractivity contribution is 0.566. The molecule has 92 valence electrons. The monoisotopic (exact) mass is 298 g/mol. The van der Waals surface area contributed by atoms with Crippen LogP contribution in [0.5, 0.6) is 0 Å². The predicted molar refractivity (Wildman–Crippen MR) is 69.5 cm³/mol. The topological polar surface area (TPSA) is 63.0 Å². The van der Waals surface area contributed by atoms with Crippen molar-refractivity contribution in [2.45, 2.75) is 31.5 Å². The molecule has 0 bridgehead atoms. The lowest BCUT2D eigenvalue weighted by Gasteiger charge is -2.11. The summed E-state index contributed by atoms with van der Waals surface area (Å²) in [7, 11) is 0. The van der Waals surface area contributed by atoms with Gasteiger partial charge in [0.2, 0.25) is 0 Å². The van der Waals surface area contributed by atoms with Crippen molar-refractivity contribution in [2.75, 3.05) is 0 Å². The average molecular weight is 299 g/mol. The third kappa shape index (κ3) is 2.94. The molecular formula is C11H15BrN4O. The summed E-state index contributed by atoms with van der Waals surface area (Å²) in [5.41, 5.74) is 1.15. The van der Waals surface area contributed by atoms with Crippen LogP contribution in [0.4, 0.5) is 0 Å². The van der Waals surface area contributed by atoms with Crippen LogP contribution in [-0.2, 0) is 6.42 Å². The molecular weight excluding hydrogens is 284 g/mol. The van der Waals surface area contributed by atoms with Crippen LogP contribution in [0, 0.1) is 5.92 Å². The second-order valence-corrected chi connectivity index (χ2v) is 5.85. The summed E-state index contributed by atoms with van der Waals surface area (Å²) in [5, 5.41) is 10.5. The van der Waals surface area contributed by atoms with E-state index in [-0.39, 0.29) is 5.69 Å². The molecule has 1 N–H and O–H groups in total. The summed E-state index contributed by atoms with van der Waals surface area (Å²) in [4.78, 5) is 11.7. The van der Waals surface area contributed by atoms with Crippen molar-refractivity contribution in [3.05, 3.63) is 28.3 Å². The molecule has 5 nitrogen and oxygen atoms in total. The second-order valence-electron chi connectivity index (χ2n) is 4.55. The van der Waals surface area contributed by atoms with Crippen molar-refractivity contribution >= 4 is 21.6 Å². The van der Waals surface area contributed by atoms with E-state index in [0.29, 0.717) is 16.4 Å². The molecule has 0 fully saturated rings. The highest BCUT2D eigenvalue weighted by molar-refractivity contribution is 9.09. The third-order valence-electron chi connectivity index (χ3n) is 2.49. The molecule has 1 atom stereocenters. The first-order chi connectivity index (χ1) is 8.06. The lowest BCUT2D eigenvalue weighted by Crippen LogP contribution is -2.15. The predicted octanol–water partition coefficient (Wildman–Crippen LogP) is 1.77. The summed E-state index contributed by atoms with van der Waals surface area (Å²) >= 11 is 3.64. The van der Waals surface area contributed by atoms with Crippen LogP contribution >= 0.6 is 15.9 Å².